The zero-order valence-electron chi connectivity index (χ0n) is 21.9. The Morgan fingerprint density at radius 2 is 1.34 bits per heavy atom. The van der Waals surface area contributed by atoms with E-state index in [4.69, 9.17) is 4.98 Å². The largest absolute Gasteiger partial charge is 1.00 e. The first-order valence-electron chi connectivity index (χ1n) is 12.9. The minimum Gasteiger partial charge on any atom is -0.325 e. The Morgan fingerprint density at radius 3 is 2.13 bits per heavy atom. The second-order valence-corrected chi connectivity index (χ2v) is 10.1. The third kappa shape index (κ3) is 3.40. The summed E-state index contributed by atoms with van der Waals surface area (Å²) in [5, 5.41) is 7.10. The van der Waals surface area contributed by atoms with Crippen LogP contribution in [0, 0.1) is 26.8 Å². The number of nitrogens with zero attached hydrogens (tertiary/aromatic N) is 3. The van der Waals surface area contributed by atoms with Crippen LogP contribution in [-0.2, 0) is 19.5 Å². The number of pyridine rings is 1. The standard InChI is InChI=1S/C34H28N3.Ru/c1-21-12-5-10-18-31(21)36-24(4)37-33-22(2)23(3)35-20-30(33)28-16-9-7-14-26(28)25-13-6-8-15-27(25)29-17-11-19-32(36)34(29)37;/h5-15,17-20,24H,1-4H3;/q-1;+1/t24-;/m1./s1. The van der Waals surface area contributed by atoms with E-state index >= 15 is 0 Å². The Balaban J connectivity index is 0.00000264. The fourth-order valence-corrected chi connectivity index (χ4v) is 6.19. The molecule has 0 aliphatic carbocycles. The summed E-state index contributed by atoms with van der Waals surface area (Å²) in [5.74, 6) is 0. The Bertz CT molecular complexity index is 1950. The molecule has 0 unspecified atom stereocenters. The number of benzene rings is 4. The molecule has 6 aromatic rings. The van der Waals surface area contributed by atoms with E-state index in [0.717, 1.165) is 16.5 Å². The maximum atomic E-state index is 4.85. The molecule has 7 rings (SSSR count). The second-order valence-electron chi connectivity index (χ2n) is 10.1. The first-order chi connectivity index (χ1) is 18.1. The van der Waals surface area contributed by atoms with Crippen LogP contribution in [0.3, 0.4) is 0 Å². The number of rotatable bonds is 1. The fourth-order valence-electron chi connectivity index (χ4n) is 6.19. The molecule has 0 fully saturated rings. The third-order valence-electron chi connectivity index (χ3n) is 8.05. The number of hydrogen-bond donors (Lipinski definition) is 0. The van der Waals surface area contributed by atoms with Gasteiger partial charge >= 0.3 is 19.5 Å². The summed E-state index contributed by atoms with van der Waals surface area (Å²) < 4.78 is 2.54. The van der Waals surface area contributed by atoms with E-state index in [2.05, 4.69) is 122 Å². The SMILES string of the molecule is Cc1ccccc1N1c2cccc3c4ccccc4c4ccc[c-]c4c4cnc(C)c(C)c4n(c23)[C@@H]1C.[Ru+]. The molecule has 1 radical (unpaired) electrons. The van der Waals surface area contributed by atoms with Crippen LogP contribution in [0.25, 0.3) is 43.4 Å². The maximum absolute atomic E-state index is 4.85. The van der Waals surface area contributed by atoms with Gasteiger partial charge in [0, 0.05) is 22.3 Å². The molecular weight excluding hydrogens is 551 g/mol. The molecule has 0 N–H and O–H groups in total. The number of para-hydroxylation sites is 2. The van der Waals surface area contributed by atoms with E-state index in [1.165, 1.54) is 55.1 Å². The summed E-state index contributed by atoms with van der Waals surface area (Å²) in [6, 6.07) is 34.1. The molecule has 3 nitrogen and oxygen atoms in total. The topological polar surface area (TPSA) is 21.1 Å². The zero-order chi connectivity index (χ0) is 25.3. The van der Waals surface area contributed by atoms with Crippen molar-refractivity contribution in [3.63, 3.8) is 0 Å². The molecule has 0 saturated carbocycles. The first-order valence-corrected chi connectivity index (χ1v) is 12.9. The van der Waals surface area contributed by atoms with Crippen LogP contribution in [0.1, 0.15) is 29.9 Å². The predicted octanol–water partition coefficient (Wildman–Crippen LogP) is 9.01. The zero-order valence-corrected chi connectivity index (χ0v) is 23.7. The molecule has 0 spiro atoms. The van der Waals surface area contributed by atoms with E-state index < -0.39 is 0 Å². The van der Waals surface area contributed by atoms with Crippen LogP contribution >= 0.6 is 0 Å². The third-order valence-corrected chi connectivity index (χ3v) is 8.05. The van der Waals surface area contributed by atoms with E-state index in [-0.39, 0.29) is 25.6 Å². The van der Waals surface area contributed by atoms with Crippen LogP contribution in [0.4, 0.5) is 11.4 Å². The number of anilines is 2. The summed E-state index contributed by atoms with van der Waals surface area (Å²) >= 11 is 0. The van der Waals surface area contributed by atoms with Gasteiger partial charge in [0.25, 0.3) is 0 Å². The average Bonchev–Trinajstić information content (AvgIpc) is 3.23. The first kappa shape index (κ1) is 24.6. The van der Waals surface area contributed by atoms with Gasteiger partial charge in [0.2, 0.25) is 0 Å². The number of aromatic nitrogens is 2. The number of hydrogen-bond acceptors (Lipinski definition) is 2. The molecule has 38 heavy (non-hydrogen) atoms. The molecule has 0 amide bonds. The van der Waals surface area contributed by atoms with Gasteiger partial charge in [0.15, 0.2) is 0 Å². The van der Waals surface area contributed by atoms with Crippen LogP contribution < -0.4 is 4.90 Å². The normalized spacial score (nSPS) is 14.3. The quantitative estimate of drug-likeness (QED) is 0.143. The van der Waals surface area contributed by atoms with E-state index in [0.29, 0.717) is 0 Å². The van der Waals surface area contributed by atoms with Crippen molar-refractivity contribution >= 4 is 54.7 Å². The Kier molecular flexibility index (Phi) is 5.96. The summed E-state index contributed by atoms with van der Waals surface area (Å²) in [6.07, 6.45) is 2.11. The van der Waals surface area contributed by atoms with Crippen molar-refractivity contribution in [2.75, 3.05) is 4.90 Å². The second kappa shape index (κ2) is 9.22. The molecule has 0 bridgehead atoms. The van der Waals surface area contributed by atoms with Gasteiger partial charge in [-0.15, -0.1) is 35.0 Å². The van der Waals surface area contributed by atoms with Crippen LogP contribution in [0.15, 0.2) is 91.1 Å². The molecular formula is C34H28N3Ru. The molecule has 3 heterocycles. The van der Waals surface area contributed by atoms with E-state index in [1.54, 1.807) is 0 Å². The van der Waals surface area contributed by atoms with Crippen molar-refractivity contribution < 1.29 is 19.5 Å². The van der Waals surface area contributed by atoms with Gasteiger partial charge in [-0.3, -0.25) is 4.98 Å². The van der Waals surface area contributed by atoms with E-state index in [1.807, 2.05) is 12.3 Å². The van der Waals surface area contributed by atoms with Crippen molar-refractivity contribution in [1.82, 2.24) is 9.55 Å². The molecule has 1 aliphatic heterocycles. The molecule has 1 atom stereocenters. The van der Waals surface area contributed by atoms with Crippen molar-refractivity contribution in [1.29, 1.82) is 0 Å². The predicted molar refractivity (Wildman–Crippen MR) is 156 cm³/mol. The van der Waals surface area contributed by atoms with Gasteiger partial charge in [0.05, 0.1) is 11.2 Å². The molecule has 0 saturated heterocycles. The Morgan fingerprint density at radius 1 is 0.684 bits per heavy atom. The van der Waals surface area contributed by atoms with Gasteiger partial charge in [0.1, 0.15) is 6.17 Å². The molecule has 187 valence electrons. The van der Waals surface area contributed by atoms with Gasteiger partial charge in [-0.05, 0) is 62.5 Å². The summed E-state index contributed by atoms with van der Waals surface area (Å²) in [7, 11) is 0. The minimum atomic E-state index is 0. The smallest absolute Gasteiger partial charge is 0.325 e. The molecule has 4 aromatic carbocycles. The van der Waals surface area contributed by atoms with Crippen molar-refractivity contribution in [2.45, 2.75) is 33.9 Å². The summed E-state index contributed by atoms with van der Waals surface area (Å²) in [5.41, 5.74) is 8.43. The summed E-state index contributed by atoms with van der Waals surface area (Å²) in [4.78, 5) is 7.34. The number of aryl methyl sites for hydroxylation is 3. The van der Waals surface area contributed by atoms with Gasteiger partial charge in [-0.2, -0.15) is 0 Å². The van der Waals surface area contributed by atoms with Gasteiger partial charge < -0.3 is 9.47 Å². The van der Waals surface area contributed by atoms with Crippen LogP contribution in [0.5, 0.6) is 0 Å². The number of fused-ring (bicyclic) bond motifs is 7. The Hall–Kier alpha value is -3.75. The minimum absolute atomic E-state index is 0. The van der Waals surface area contributed by atoms with Crippen LogP contribution in [0.2, 0.25) is 0 Å². The van der Waals surface area contributed by atoms with Gasteiger partial charge in [-0.1, -0.05) is 65.4 Å². The van der Waals surface area contributed by atoms with Crippen LogP contribution in [-0.4, -0.2) is 9.55 Å². The van der Waals surface area contributed by atoms with Crippen molar-refractivity contribution in [2.24, 2.45) is 0 Å². The average molecular weight is 580 g/mol. The maximum Gasteiger partial charge on any atom is 1.00 e. The molecule has 1 aliphatic rings. The Labute approximate surface area is 235 Å². The van der Waals surface area contributed by atoms with Crippen molar-refractivity contribution in [3.8, 4) is 0 Å². The van der Waals surface area contributed by atoms with E-state index in [9.17, 15) is 0 Å². The molecule has 4 heteroatoms. The fraction of sp³-hybridized carbons (Fsp3) is 0.147. The monoisotopic (exact) mass is 580 g/mol. The van der Waals surface area contributed by atoms with Crippen molar-refractivity contribution in [3.05, 3.63) is 114 Å². The summed E-state index contributed by atoms with van der Waals surface area (Å²) in [6.45, 7) is 8.83. The van der Waals surface area contributed by atoms with Gasteiger partial charge in [-0.25, -0.2) is 0 Å². The molecule has 2 aromatic heterocycles.